The van der Waals surface area contributed by atoms with Crippen LogP contribution < -0.4 is 10.6 Å². The second-order valence-electron chi connectivity index (χ2n) is 9.30. The Morgan fingerprint density at radius 3 is 2.64 bits per heavy atom. The molecule has 0 unspecified atom stereocenters. The number of halogens is 2. The molecular weight excluding hydrogens is 453 g/mol. The van der Waals surface area contributed by atoms with Crippen molar-refractivity contribution in [3.8, 4) is 11.1 Å². The fourth-order valence-corrected chi connectivity index (χ4v) is 6.16. The number of aryl methyl sites for hydroxylation is 1. The summed E-state index contributed by atoms with van der Waals surface area (Å²) in [4.78, 5) is 12.1. The van der Waals surface area contributed by atoms with E-state index in [9.17, 15) is 0 Å². The minimum absolute atomic E-state index is 0.103. The number of imidazole rings is 1. The summed E-state index contributed by atoms with van der Waals surface area (Å²) in [6.07, 6.45) is 6.94. The molecule has 0 radical (unpaired) electrons. The van der Waals surface area contributed by atoms with Crippen molar-refractivity contribution >= 4 is 34.8 Å². The number of nitrogens with zero attached hydrogens (tertiary/aromatic N) is 4. The lowest BCUT2D eigenvalue weighted by molar-refractivity contribution is 0.187. The van der Waals surface area contributed by atoms with Crippen molar-refractivity contribution < 1.29 is 0 Å². The first-order chi connectivity index (χ1) is 16.0. The van der Waals surface area contributed by atoms with Crippen LogP contribution in [0.3, 0.4) is 0 Å². The molecule has 1 aliphatic heterocycles. The Bertz CT molecular complexity index is 1370. The van der Waals surface area contributed by atoms with Gasteiger partial charge in [-0.15, -0.1) is 0 Å². The Labute approximate surface area is 203 Å². The quantitative estimate of drug-likeness (QED) is 0.393. The zero-order valence-corrected chi connectivity index (χ0v) is 19.9. The highest BCUT2D eigenvalue weighted by Crippen LogP contribution is 2.51. The largest absolute Gasteiger partial charge is 0.342 e. The minimum Gasteiger partial charge on any atom is -0.342 e. The summed E-state index contributed by atoms with van der Waals surface area (Å²) in [5.41, 5.74) is 13.1. The summed E-state index contributed by atoms with van der Waals surface area (Å²) in [6, 6.07) is 14.4. The van der Waals surface area contributed by atoms with E-state index < -0.39 is 0 Å². The summed E-state index contributed by atoms with van der Waals surface area (Å²) in [5.74, 6) is 0.917. The summed E-state index contributed by atoms with van der Waals surface area (Å²) in [7, 11) is 0. The second-order valence-corrected chi connectivity index (χ2v) is 10.1. The lowest BCUT2D eigenvalue weighted by Gasteiger charge is -2.42. The van der Waals surface area contributed by atoms with Gasteiger partial charge in [0.1, 0.15) is 5.65 Å². The van der Waals surface area contributed by atoms with E-state index in [1.54, 1.807) is 6.07 Å². The molecule has 0 saturated carbocycles. The Kier molecular flexibility index (Phi) is 4.91. The van der Waals surface area contributed by atoms with E-state index in [0.29, 0.717) is 10.0 Å². The van der Waals surface area contributed by atoms with Gasteiger partial charge < -0.3 is 10.6 Å². The number of anilines is 1. The lowest BCUT2D eigenvalue weighted by atomic mass is 9.73. The molecule has 2 N–H and O–H groups in total. The third-order valence-electron chi connectivity index (χ3n) is 7.56. The first-order valence-corrected chi connectivity index (χ1v) is 12.1. The molecule has 7 heteroatoms. The molecule has 1 fully saturated rings. The predicted octanol–water partition coefficient (Wildman–Crippen LogP) is 5.85. The van der Waals surface area contributed by atoms with Crippen LogP contribution in [0.15, 0.2) is 54.9 Å². The lowest BCUT2D eigenvalue weighted by Crippen LogP contribution is -2.45. The van der Waals surface area contributed by atoms with Crippen LogP contribution in [0.2, 0.25) is 10.0 Å². The summed E-state index contributed by atoms with van der Waals surface area (Å²) in [6.45, 7) is 3.84. The zero-order chi connectivity index (χ0) is 22.7. The Morgan fingerprint density at radius 1 is 1.06 bits per heavy atom. The molecule has 168 valence electrons. The molecule has 3 heterocycles. The number of rotatable bonds is 2. The smallest absolute Gasteiger partial charge is 0.211 e. The molecule has 1 atom stereocenters. The molecule has 0 bridgehead atoms. The number of fused-ring (bicyclic) bond motifs is 2. The van der Waals surface area contributed by atoms with Crippen molar-refractivity contribution in [3.63, 3.8) is 0 Å². The Balaban J connectivity index is 1.34. The van der Waals surface area contributed by atoms with Crippen LogP contribution in [0.4, 0.5) is 5.95 Å². The van der Waals surface area contributed by atoms with Crippen molar-refractivity contribution in [2.24, 2.45) is 11.1 Å². The maximum atomic E-state index is 6.78. The predicted molar refractivity (Wildman–Crippen MR) is 134 cm³/mol. The molecular formula is C26H25Cl2N5. The average molecular weight is 478 g/mol. The number of benzene rings is 2. The van der Waals surface area contributed by atoms with Crippen LogP contribution in [0.1, 0.15) is 35.7 Å². The first-order valence-electron chi connectivity index (χ1n) is 11.3. The molecule has 2 aromatic carbocycles. The van der Waals surface area contributed by atoms with Crippen LogP contribution in [0.25, 0.3) is 16.8 Å². The van der Waals surface area contributed by atoms with E-state index in [0.717, 1.165) is 60.8 Å². The molecule has 1 saturated heterocycles. The molecule has 1 aliphatic carbocycles. The van der Waals surface area contributed by atoms with E-state index >= 15 is 0 Å². The van der Waals surface area contributed by atoms with Crippen LogP contribution in [0.5, 0.6) is 0 Å². The maximum Gasteiger partial charge on any atom is 0.211 e. The molecule has 2 aromatic heterocycles. The number of hydrogen-bond acceptors (Lipinski definition) is 4. The number of hydrogen-bond donors (Lipinski definition) is 1. The number of piperidine rings is 1. The van der Waals surface area contributed by atoms with E-state index in [4.69, 9.17) is 33.9 Å². The zero-order valence-electron chi connectivity index (χ0n) is 18.4. The van der Waals surface area contributed by atoms with Gasteiger partial charge in [0.05, 0.1) is 15.7 Å². The first kappa shape index (κ1) is 21.0. The highest BCUT2D eigenvalue weighted by atomic mass is 35.5. The minimum atomic E-state index is 0.103. The number of aromatic nitrogens is 3. The van der Waals surface area contributed by atoms with Crippen molar-refractivity contribution in [1.82, 2.24) is 14.4 Å². The van der Waals surface area contributed by atoms with Crippen molar-refractivity contribution in [2.45, 2.75) is 32.2 Å². The van der Waals surface area contributed by atoms with Gasteiger partial charge in [-0.1, -0.05) is 59.6 Å². The molecule has 2 aliphatic rings. The second kappa shape index (κ2) is 7.73. The van der Waals surface area contributed by atoms with Crippen LogP contribution in [0, 0.1) is 12.3 Å². The van der Waals surface area contributed by atoms with Crippen molar-refractivity contribution in [3.05, 3.63) is 81.7 Å². The normalized spacial score (nSPS) is 19.4. The standard InChI is InChI=1S/C26H25Cl2N5/c1-16-21(19-7-4-8-20(27)22(19)28)24-30-11-14-33(24)25(31-16)32-12-9-26(10-13-32)15-17-5-2-3-6-18(17)23(26)29/h2-8,11,14,23H,9-10,12-13,15,29H2,1H3/t23-/m1/s1. The molecule has 6 rings (SSSR count). The highest BCUT2D eigenvalue weighted by molar-refractivity contribution is 6.43. The van der Waals surface area contributed by atoms with E-state index in [-0.39, 0.29) is 11.5 Å². The monoisotopic (exact) mass is 477 g/mol. The molecule has 1 spiro atoms. The average Bonchev–Trinajstić information content (AvgIpc) is 3.40. The topological polar surface area (TPSA) is 59.5 Å². The Morgan fingerprint density at radius 2 is 1.85 bits per heavy atom. The van der Waals surface area contributed by atoms with E-state index in [2.05, 4.69) is 38.6 Å². The Hall–Kier alpha value is -2.60. The van der Waals surface area contributed by atoms with Gasteiger partial charge in [-0.2, -0.15) is 0 Å². The van der Waals surface area contributed by atoms with Crippen LogP contribution >= 0.6 is 23.2 Å². The SMILES string of the molecule is Cc1nc(N2CCC3(CC2)Cc2ccccc2[C@H]3N)n2ccnc2c1-c1cccc(Cl)c1Cl. The third-order valence-corrected chi connectivity index (χ3v) is 8.38. The van der Waals surface area contributed by atoms with Gasteiger partial charge in [-0.05, 0) is 48.8 Å². The van der Waals surface area contributed by atoms with Gasteiger partial charge in [-0.3, -0.25) is 4.40 Å². The molecule has 4 aromatic rings. The summed E-state index contributed by atoms with van der Waals surface area (Å²) in [5, 5.41) is 1.05. The fraction of sp³-hybridized carbons (Fsp3) is 0.308. The summed E-state index contributed by atoms with van der Waals surface area (Å²) < 4.78 is 2.07. The van der Waals surface area contributed by atoms with Gasteiger partial charge in [0.15, 0.2) is 0 Å². The van der Waals surface area contributed by atoms with Gasteiger partial charge in [0.25, 0.3) is 0 Å². The maximum absolute atomic E-state index is 6.78. The van der Waals surface area contributed by atoms with Crippen LogP contribution in [-0.2, 0) is 6.42 Å². The highest BCUT2D eigenvalue weighted by Gasteiger charge is 2.46. The third kappa shape index (κ3) is 3.17. The number of nitrogens with two attached hydrogens (primary N) is 1. The van der Waals surface area contributed by atoms with Gasteiger partial charge in [-0.25, -0.2) is 9.97 Å². The molecule has 0 amide bonds. The summed E-state index contributed by atoms with van der Waals surface area (Å²) >= 11 is 12.9. The van der Waals surface area contributed by atoms with Crippen LogP contribution in [-0.4, -0.2) is 27.5 Å². The van der Waals surface area contributed by atoms with Gasteiger partial charge in [0.2, 0.25) is 5.95 Å². The van der Waals surface area contributed by atoms with Crippen molar-refractivity contribution in [1.29, 1.82) is 0 Å². The van der Waals surface area contributed by atoms with E-state index in [1.807, 2.05) is 31.5 Å². The van der Waals surface area contributed by atoms with E-state index in [1.165, 1.54) is 11.1 Å². The van der Waals surface area contributed by atoms with Gasteiger partial charge in [0, 0.05) is 42.7 Å². The molecule has 5 nitrogen and oxygen atoms in total. The van der Waals surface area contributed by atoms with Crippen molar-refractivity contribution in [2.75, 3.05) is 18.0 Å². The fourth-order valence-electron chi connectivity index (χ4n) is 5.76. The molecule has 33 heavy (non-hydrogen) atoms. The van der Waals surface area contributed by atoms with Gasteiger partial charge >= 0.3 is 0 Å².